The summed E-state index contributed by atoms with van der Waals surface area (Å²) in [6.45, 7) is 2.68. The minimum absolute atomic E-state index is 0.782. The molecule has 0 unspecified atom stereocenters. The summed E-state index contributed by atoms with van der Waals surface area (Å²) in [5, 5.41) is 6.69. The average molecular weight is 310 g/mol. The smallest absolute Gasteiger partial charge is 0.191 e. The van der Waals surface area contributed by atoms with Crippen molar-refractivity contribution in [3.63, 3.8) is 0 Å². The van der Waals surface area contributed by atoms with E-state index in [0.717, 1.165) is 32.0 Å². The molecule has 2 aromatic carbocycles. The number of anilines is 1. The van der Waals surface area contributed by atoms with Crippen molar-refractivity contribution in [3.8, 4) is 0 Å². The van der Waals surface area contributed by atoms with Gasteiger partial charge >= 0.3 is 0 Å². The van der Waals surface area contributed by atoms with E-state index in [0.29, 0.717) is 0 Å². The molecule has 0 atom stereocenters. The van der Waals surface area contributed by atoms with Gasteiger partial charge < -0.3 is 15.5 Å². The Bertz CT molecular complexity index is 581. The molecular weight excluding hydrogens is 284 g/mol. The van der Waals surface area contributed by atoms with Crippen molar-refractivity contribution in [2.45, 2.75) is 13.0 Å². The predicted octanol–water partition coefficient (Wildman–Crippen LogP) is 2.88. The highest BCUT2D eigenvalue weighted by atomic mass is 15.2. The van der Waals surface area contributed by atoms with Crippen molar-refractivity contribution in [1.82, 2.24) is 10.6 Å². The largest absolute Gasteiger partial charge is 0.375 e. The molecule has 0 radical (unpaired) electrons. The predicted molar refractivity (Wildman–Crippen MR) is 99.0 cm³/mol. The van der Waals surface area contributed by atoms with Gasteiger partial charge in [-0.15, -0.1) is 0 Å². The van der Waals surface area contributed by atoms with E-state index in [2.05, 4.69) is 64.0 Å². The van der Waals surface area contributed by atoms with Gasteiger partial charge in [-0.1, -0.05) is 48.5 Å². The molecule has 2 rings (SSSR count). The molecule has 2 aromatic rings. The van der Waals surface area contributed by atoms with Crippen molar-refractivity contribution in [2.24, 2.45) is 4.99 Å². The minimum Gasteiger partial charge on any atom is -0.375 e. The monoisotopic (exact) mass is 310 g/mol. The summed E-state index contributed by atoms with van der Waals surface area (Å²) in [5.74, 6) is 0.844. The van der Waals surface area contributed by atoms with Gasteiger partial charge in [-0.2, -0.15) is 0 Å². The van der Waals surface area contributed by atoms with Gasteiger partial charge in [0.2, 0.25) is 0 Å². The zero-order valence-electron chi connectivity index (χ0n) is 14.0. The van der Waals surface area contributed by atoms with E-state index < -0.39 is 0 Å². The van der Waals surface area contributed by atoms with E-state index in [4.69, 9.17) is 0 Å². The van der Waals surface area contributed by atoms with Gasteiger partial charge in [-0.05, 0) is 24.1 Å². The summed E-state index contributed by atoms with van der Waals surface area (Å²) in [5.41, 5.74) is 2.50. The number of hydrogen-bond acceptors (Lipinski definition) is 2. The molecule has 0 aromatic heterocycles. The van der Waals surface area contributed by atoms with Crippen molar-refractivity contribution >= 4 is 11.6 Å². The van der Waals surface area contributed by atoms with Crippen LogP contribution in [-0.2, 0) is 6.54 Å². The Kier molecular flexibility index (Phi) is 6.98. The Morgan fingerprint density at radius 2 is 1.61 bits per heavy atom. The SMILES string of the molecule is CN=C(NCCCN(C)c1ccccc1)NCc1ccccc1. The van der Waals surface area contributed by atoms with Gasteiger partial charge in [-0.25, -0.2) is 0 Å². The van der Waals surface area contributed by atoms with Crippen LogP contribution in [0.1, 0.15) is 12.0 Å². The lowest BCUT2D eigenvalue weighted by Crippen LogP contribution is -2.38. The summed E-state index contributed by atoms with van der Waals surface area (Å²) in [6.07, 6.45) is 1.05. The van der Waals surface area contributed by atoms with Gasteiger partial charge in [0.15, 0.2) is 5.96 Å². The van der Waals surface area contributed by atoms with Crippen LogP contribution in [0, 0.1) is 0 Å². The lowest BCUT2D eigenvalue weighted by Gasteiger charge is -2.19. The maximum Gasteiger partial charge on any atom is 0.191 e. The highest BCUT2D eigenvalue weighted by Gasteiger charge is 2.01. The Hall–Kier alpha value is -2.49. The molecule has 4 heteroatoms. The maximum absolute atomic E-state index is 4.26. The second-order valence-corrected chi connectivity index (χ2v) is 5.45. The Balaban J connectivity index is 1.66. The van der Waals surface area contributed by atoms with Crippen LogP contribution in [0.5, 0.6) is 0 Å². The fourth-order valence-electron chi connectivity index (χ4n) is 2.34. The van der Waals surface area contributed by atoms with Crippen LogP contribution in [0.4, 0.5) is 5.69 Å². The van der Waals surface area contributed by atoms with Crippen LogP contribution < -0.4 is 15.5 Å². The van der Waals surface area contributed by atoms with Crippen LogP contribution in [-0.4, -0.2) is 33.1 Å². The molecular formula is C19H26N4. The van der Waals surface area contributed by atoms with E-state index in [9.17, 15) is 0 Å². The van der Waals surface area contributed by atoms with Crippen molar-refractivity contribution < 1.29 is 0 Å². The van der Waals surface area contributed by atoms with Crippen LogP contribution in [0.2, 0.25) is 0 Å². The van der Waals surface area contributed by atoms with Gasteiger partial charge in [0.1, 0.15) is 0 Å². The number of para-hydroxylation sites is 1. The molecule has 23 heavy (non-hydrogen) atoms. The molecule has 2 N–H and O–H groups in total. The fraction of sp³-hybridized carbons (Fsp3) is 0.316. The van der Waals surface area contributed by atoms with Crippen LogP contribution >= 0.6 is 0 Å². The molecule has 0 heterocycles. The van der Waals surface area contributed by atoms with Gasteiger partial charge in [0.05, 0.1) is 0 Å². The lowest BCUT2D eigenvalue weighted by molar-refractivity contribution is 0.729. The lowest BCUT2D eigenvalue weighted by atomic mass is 10.2. The third-order valence-corrected chi connectivity index (χ3v) is 3.69. The molecule has 122 valence electrons. The summed E-state index contributed by atoms with van der Waals surface area (Å²) in [4.78, 5) is 6.52. The highest BCUT2D eigenvalue weighted by molar-refractivity contribution is 5.79. The van der Waals surface area contributed by atoms with E-state index in [1.165, 1.54) is 11.3 Å². The molecule has 4 nitrogen and oxygen atoms in total. The number of hydrogen-bond donors (Lipinski definition) is 2. The zero-order valence-corrected chi connectivity index (χ0v) is 14.0. The van der Waals surface area contributed by atoms with Crippen LogP contribution in [0.15, 0.2) is 65.7 Å². The number of rotatable bonds is 7. The topological polar surface area (TPSA) is 39.7 Å². The Morgan fingerprint density at radius 1 is 0.957 bits per heavy atom. The molecule has 0 spiro atoms. The molecule has 0 aliphatic heterocycles. The van der Waals surface area contributed by atoms with Crippen molar-refractivity contribution in [2.75, 3.05) is 32.1 Å². The standard InChI is InChI=1S/C19H26N4/c1-20-19(22-16-17-10-5-3-6-11-17)21-14-9-15-23(2)18-12-7-4-8-13-18/h3-8,10-13H,9,14-16H2,1-2H3,(H2,20,21,22). The highest BCUT2D eigenvalue weighted by Crippen LogP contribution is 2.10. The quantitative estimate of drug-likeness (QED) is 0.469. The minimum atomic E-state index is 0.782. The van der Waals surface area contributed by atoms with Gasteiger partial charge in [0, 0.05) is 39.4 Å². The van der Waals surface area contributed by atoms with Gasteiger partial charge in [0.25, 0.3) is 0 Å². The van der Waals surface area contributed by atoms with E-state index >= 15 is 0 Å². The molecule has 0 aliphatic rings. The molecule has 0 amide bonds. The van der Waals surface area contributed by atoms with Crippen LogP contribution in [0.3, 0.4) is 0 Å². The third-order valence-electron chi connectivity index (χ3n) is 3.69. The third kappa shape index (κ3) is 6.02. The van der Waals surface area contributed by atoms with E-state index in [1.807, 2.05) is 24.3 Å². The van der Waals surface area contributed by atoms with Crippen LogP contribution in [0.25, 0.3) is 0 Å². The molecule has 0 saturated heterocycles. The molecule has 0 saturated carbocycles. The zero-order chi connectivity index (χ0) is 16.3. The first-order valence-electron chi connectivity index (χ1n) is 8.04. The average Bonchev–Trinajstić information content (AvgIpc) is 2.62. The first-order chi connectivity index (χ1) is 11.3. The summed E-state index contributed by atoms with van der Waals surface area (Å²) in [6, 6.07) is 20.8. The second kappa shape index (κ2) is 9.51. The fourth-order valence-corrected chi connectivity index (χ4v) is 2.34. The Labute approximate surface area is 139 Å². The first kappa shape index (κ1) is 16.9. The normalized spacial score (nSPS) is 11.1. The second-order valence-electron chi connectivity index (χ2n) is 5.45. The summed E-state index contributed by atoms with van der Waals surface area (Å²) in [7, 11) is 3.92. The molecule has 0 aliphatic carbocycles. The van der Waals surface area contributed by atoms with Crippen molar-refractivity contribution in [3.05, 3.63) is 66.2 Å². The van der Waals surface area contributed by atoms with E-state index in [1.54, 1.807) is 7.05 Å². The number of nitrogens with zero attached hydrogens (tertiary/aromatic N) is 2. The number of guanidine groups is 1. The first-order valence-corrected chi connectivity index (χ1v) is 8.04. The van der Waals surface area contributed by atoms with E-state index in [-0.39, 0.29) is 0 Å². The van der Waals surface area contributed by atoms with Gasteiger partial charge in [-0.3, -0.25) is 4.99 Å². The Morgan fingerprint density at radius 3 is 2.26 bits per heavy atom. The number of aliphatic imine (C=N–C) groups is 1. The van der Waals surface area contributed by atoms with Crippen molar-refractivity contribution in [1.29, 1.82) is 0 Å². The molecule has 0 bridgehead atoms. The molecule has 0 fully saturated rings. The number of benzene rings is 2. The maximum atomic E-state index is 4.26. The number of nitrogens with one attached hydrogen (secondary N) is 2. The summed E-state index contributed by atoms with van der Waals surface area (Å²) < 4.78 is 0. The summed E-state index contributed by atoms with van der Waals surface area (Å²) >= 11 is 0.